The van der Waals surface area contributed by atoms with Crippen molar-refractivity contribution in [2.75, 3.05) is 5.32 Å². The van der Waals surface area contributed by atoms with Crippen molar-refractivity contribution in [2.24, 2.45) is 0 Å². The summed E-state index contributed by atoms with van der Waals surface area (Å²) in [5, 5.41) is 8.88. The van der Waals surface area contributed by atoms with Gasteiger partial charge >= 0.3 is 6.61 Å². The molecule has 0 unspecified atom stereocenters. The first kappa shape index (κ1) is 14.9. The third kappa shape index (κ3) is 3.98. The number of hydrogen-bond donors (Lipinski definition) is 2. The molecule has 112 valence electrons. The molecule has 0 aliphatic carbocycles. The van der Waals surface area contributed by atoms with Gasteiger partial charge in [-0.2, -0.15) is 8.78 Å². The van der Waals surface area contributed by atoms with Crippen molar-refractivity contribution < 1.29 is 18.3 Å². The minimum absolute atomic E-state index is 0.0506. The summed E-state index contributed by atoms with van der Waals surface area (Å²) < 4.78 is 28.9. The van der Waals surface area contributed by atoms with Crippen molar-refractivity contribution in [3.05, 3.63) is 35.9 Å². The first-order valence-corrected chi connectivity index (χ1v) is 6.36. The summed E-state index contributed by atoms with van der Waals surface area (Å²) in [7, 11) is 0. The predicted octanol–water partition coefficient (Wildman–Crippen LogP) is 2.61. The molecule has 1 heterocycles. The second kappa shape index (κ2) is 6.78. The molecular weight excluding hydrogens is 282 g/mol. The highest BCUT2D eigenvalue weighted by Crippen LogP contribution is 2.25. The number of aryl methyl sites for hydroxylation is 1. The molecule has 0 aliphatic heterocycles. The molecule has 0 spiro atoms. The van der Waals surface area contributed by atoms with E-state index in [2.05, 4.69) is 25.2 Å². The smallest absolute Gasteiger partial charge is 0.387 e. The van der Waals surface area contributed by atoms with Gasteiger partial charge in [-0.1, -0.05) is 19.1 Å². The van der Waals surface area contributed by atoms with Crippen LogP contribution in [0.1, 0.15) is 29.8 Å². The van der Waals surface area contributed by atoms with Crippen LogP contribution in [-0.2, 0) is 6.42 Å². The summed E-state index contributed by atoms with van der Waals surface area (Å²) in [5.74, 6) is -0.172. The summed E-state index contributed by atoms with van der Waals surface area (Å²) in [5.41, 5.74) is 0.129. The maximum atomic E-state index is 12.3. The van der Waals surface area contributed by atoms with E-state index in [4.69, 9.17) is 0 Å². The first-order valence-electron chi connectivity index (χ1n) is 6.36. The fourth-order valence-corrected chi connectivity index (χ4v) is 1.69. The number of benzene rings is 1. The van der Waals surface area contributed by atoms with Crippen molar-refractivity contribution in [1.82, 2.24) is 15.2 Å². The van der Waals surface area contributed by atoms with E-state index in [-0.39, 0.29) is 17.3 Å². The number of para-hydroxylation sites is 2. The summed E-state index contributed by atoms with van der Waals surface area (Å²) in [4.78, 5) is 16.0. The molecule has 6 nitrogen and oxygen atoms in total. The molecule has 0 saturated carbocycles. The Morgan fingerprint density at radius 3 is 2.90 bits per heavy atom. The van der Waals surface area contributed by atoms with E-state index in [0.717, 1.165) is 6.42 Å². The van der Waals surface area contributed by atoms with Gasteiger partial charge in [0.2, 0.25) is 5.82 Å². The number of nitrogens with zero attached hydrogens (tertiary/aromatic N) is 2. The zero-order chi connectivity index (χ0) is 15.2. The average molecular weight is 296 g/mol. The van der Waals surface area contributed by atoms with Crippen molar-refractivity contribution in [2.45, 2.75) is 26.4 Å². The van der Waals surface area contributed by atoms with Crippen molar-refractivity contribution in [1.29, 1.82) is 0 Å². The van der Waals surface area contributed by atoms with Crippen molar-refractivity contribution in [3.8, 4) is 5.75 Å². The normalized spacial score (nSPS) is 10.7. The van der Waals surface area contributed by atoms with Crippen LogP contribution in [0.4, 0.5) is 14.5 Å². The van der Waals surface area contributed by atoms with Crippen LogP contribution in [0, 0.1) is 0 Å². The van der Waals surface area contributed by atoms with Gasteiger partial charge < -0.3 is 10.1 Å². The molecule has 2 rings (SSSR count). The van der Waals surface area contributed by atoms with Gasteiger partial charge in [0.25, 0.3) is 5.91 Å². The first-order chi connectivity index (χ1) is 10.1. The zero-order valence-electron chi connectivity index (χ0n) is 11.3. The van der Waals surface area contributed by atoms with E-state index in [0.29, 0.717) is 12.2 Å². The molecule has 21 heavy (non-hydrogen) atoms. The Hall–Kier alpha value is -2.51. The van der Waals surface area contributed by atoms with E-state index in [9.17, 15) is 13.6 Å². The van der Waals surface area contributed by atoms with Gasteiger partial charge in [-0.25, -0.2) is 4.98 Å². The number of aromatic nitrogens is 3. The Kier molecular flexibility index (Phi) is 4.81. The topological polar surface area (TPSA) is 79.9 Å². The van der Waals surface area contributed by atoms with Gasteiger partial charge in [-0.05, 0) is 18.6 Å². The maximum absolute atomic E-state index is 12.3. The molecule has 0 bridgehead atoms. The highest BCUT2D eigenvalue weighted by atomic mass is 19.3. The van der Waals surface area contributed by atoms with Crippen LogP contribution < -0.4 is 10.1 Å². The summed E-state index contributed by atoms with van der Waals surface area (Å²) in [6.45, 7) is -0.997. The maximum Gasteiger partial charge on any atom is 0.387 e. The Bertz CT molecular complexity index is 616. The second-order valence-corrected chi connectivity index (χ2v) is 4.18. The summed E-state index contributed by atoms with van der Waals surface area (Å²) in [6, 6.07) is 5.91. The molecule has 8 heteroatoms. The van der Waals surface area contributed by atoms with Gasteiger partial charge in [0.05, 0.1) is 5.69 Å². The van der Waals surface area contributed by atoms with E-state index >= 15 is 0 Å². The molecule has 2 aromatic rings. The van der Waals surface area contributed by atoms with Crippen LogP contribution in [-0.4, -0.2) is 27.7 Å². The van der Waals surface area contributed by atoms with E-state index in [1.165, 1.54) is 18.2 Å². The van der Waals surface area contributed by atoms with Crippen LogP contribution in [0.15, 0.2) is 24.3 Å². The number of alkyl halides is 2. The molecule has 1 amide bonds. The number of carbonyl (C=O) groups excluding carboxylic acids is 1. The van der Waals surface area contributed by atoms with Crippen LogP contribution in [0.2, 0.25) is 0 Å². The fourth-order valence-electron chi connectivity index (χ4n) is 1.69. The van der Waals surface area contributed by atoms with Crippen LogP contribution in [0.5, 0.6) is 5.75 Å². The number of amides is 1. The van der Waals surface area contributed by atoms with Crippen molar-refractivity contribution in [3.63, 3.8) is 0 Å². The van der Waals surface area contributed by atoms with Crippen LogP contribution in [0.3, 0.4) is 0 Å². The second-order valence-electron chi connectivity index (χ2n) is 4.18. The van der Waals surface area contributed by atoms with Gasteiger partial charge in [-0.15, -0.1) is 5.10 Å². The summed E-state index contributed by atoms with van der Waals surface area (Å²) >= 11 is 0. The number of ether oxygens (including phenoxy) is 1. The molecule has 0 radical (unpaired) electrons. The molecule has 0 aliphatic rings. The molecule has 0 atom stereocenters. The minimum atomic E-state index is -2.97. The molecule has 1 aromatic carbocycles. The number of hydrogen-bond acceptors (Lipinski definition) is 4. The molecule has 0 saturated heterocycles. The molecule has 2 N–H and O–H groups in total. The Morgan fingerprint density at radius 1 is 1.43 bits per heavy atom. The number of anilines is 1. The van der Waals surface area contributed by atoms with Crippen LogP contribution in [0.25, 0.3) is 0 Å². The summed E-state index contributed by atoms with van der Waals surface area (Å²) in [6.07, 6.45) is 1.53. The predicted molar refractivity (Wildman–Crippen MR) is 71.4 cm³/mol. The lowest BCUT2D eigenvalue weighted by Gasteiger charge is -2.10. The monoisotopic (exact) mass is 296 g/mol. The van der Waals surface area contributed by atoms with Crippen LogP contribution >= 0.6 is 0 Å². The molecule has 1 aromatic heterocycles. The largest absolute Gasteiger partial charge is 0.433 e. The quantitative estimate of drug-likeness (QED) is 0.858. The van der Waals surface area contributed by atoms with Gasteiger partial charge in [0, 0.05) is 6.42 Å². The lowest BCUT2D eigenvalue weighted by atomic mass is 10.3. The average Bonchev–Trinajstić information content (AvgIpc) is 2.89. The highest BCUT2D eigenvalue weighted by Gasteiger charge is 2.16. The third-order valence-electron chi connectivity index (χ3n) is 2.57. The Labute approximate surface area is 119 Å². The number of halogens is 2. The van der Waals surface area contributed by atoms with Crippen molar-refractivity contribution >= 4 is 11.6 Å². The SMILES string of the molecule is CCCc1nc(C(=O)Nc2ccccc2OC(F)F)n[nH]1. The molecular formula is C13H14F2N4O2. The number of H-pyrrole nitrogens is 1. The lowest BCUT2D eigenvalue weighted by Crippen LogP contribution is -2.15. The molecule has 0 fully saturated rings. The van der Waals surface area contributed by atoms with Gasteiger partial charge in [0.15, 0.2) is 0 Å². The number of carbonyl (C=O) groups is 1. The van der Waals surface area contributed by atoms with Gasteiger partial charge in [-0.3, -0.25) is 9.89 Å². The lowest BCUT2D eigenvalue weighted by molar-refractivity contribution is -0.0493. The van der Waals surface area contributed by atoms with E-state index < -0.39 is 12.5 Å². The number of aromatic amines is 1. The van der Waals surface area contributed by atoms with E-state index in [1.54, 1.807) is 6.07 Å². The minimum Gasteiger partial charge on any atom is -0.433 e. The third-order valence-corrected chi connectivity index (χ3v) is 2.57. The standard InChI is InChI=1S/C13H14F2N4O2/c1-2-5-10-17-11(19-18-10)12(20)16-8-6-3-4-7-9(8)21-13(14)15/h3-4,6-7,13H,2,5H2,1H3,(H,16,20)(H,17,18,19). The fraction of sp³-hybridized carbons (Fsp3) is 0.308. The van der Waals surface area contributed by atoms with E-state index in [1.807, 2.05) is 6.92 Å². The number of nitrogens with one attached hydrogen (secondary N) is 2. The zero-order valence-corrected chi connectivity index (χ0v) is 11.3. The number of rotatable bonds is 6. The highest BCUT2D eigenvalue weighted by molar-refractivity contribution is 6.02. The Morgan fingerprint density at radius 2 is 2.19 bits per heavy atom. The van der Waals surface area contributed by atoms with Gasteiger partial charge in [0.1, 0.15) is 11.6 Å². The Balaban J connectivity index is 2.11.